The van der Waals surface area contributed by atoms with Crippen molar-refractivity contribution >= 4 is 5.97 Å². The Morgan fingerprint density at radius 1 is 1.29 bits per heavy atom. The van der Waals surface area contributed by atoms with Crippen molar-refractivity contribution in [1.82, 2.24) is 0 Å². The van der Waals surface area contributed by atoms with Crippen LogP contribution >= 0.6 is 0 Å². The molecule has 0 radical (unpaired) electrons. The number of carbonyl (C=O) groups excluding carboxylic acids is 1. The van der Waals surface area contributed by atoms with Crippen molar-refractivity contribution in [2.75, 3.05) is 0 Å². The normalized spacial score (nSPS) is 10.4. The van der Waals surface area contributed by atoms with Gasteiger partial charge in [0.05, 0.1) is 6.26 Å². The molecule has 80 valence electrons. The second-order valence-corrected chi connectivity index (χ2v) is 3.16. The molecule has 0 heterocycles. The Kier molecular flexibility index (Phi) is 9.28. The molecule has 2 nitrogen and oxygen atoms in total. The third kappa shape index (κ3) is 9.04. The summed E-state index contributed by atoms with van der Waals surface area (Å²) in [7, 11) is 0. The minimum atomic E-state index is -0.183. The maximum atomic E-state index is 10.9. The van der Waals surface area contributed by atoms with Gasteiger partial charge in [-0.25, -0.2) is 0 Å². The molecule has 0 aliphatic rings. The number of hydrogen-bond donors (Lipinski definition) is 0. The second kappa shape index (κ2) is 10.0. The Labute approximate surface area is 86.6 Å². The summed E-state index contributed by atoms with van der Waals surface area (Å²) in [5, 5.41) is 0. The van der Waals surface area contributed by atoms with E-state index in [4.69, 9.17) is 0 Å². The molecule has 0 rings (SSSR count). The van der Waals surface area contributed by atoms with Crippen molar-refractivity contribution in [2.45, 2.75) is 45.4 Å². The van der Waals surface area contributed by atoms with E-state index in [2.05, 4.69) is 30.4 Å². The largest absolute Gasteiger partial charge is 0.435 e. The van der Waals surface area contributed by atoms with Gasteiger partial charge in [0.25, 0.3) is 0 Å². The molecule has 0 aromatic carbocycles. The highest BCUT2D eigenvalue weighted by molar-refractivity contribution is 5.69. The third-order valence-corrected chi connectivity index (χ3v) is 1.84. The molecule has 0 N–H and O–H groups in total. The molecule has 0 bridgehead atoms. The molecule has 0 aromatic heterocycles. The molecule has 0 aliphatic heterocycles. The van der Waals surface area contributed by atoms with Crippen molar-refractivity contribution in [1.29, 1.82) is 0 Å². The topological polar surface area (TPSA) is 26.3 Å². The molecule has 0 aromatic rings. The zero-order valence-electron chi connectivity index (χ0n) is 9.00. The zero-order chi connectivity index (χ0) is 10.6. The highest BCUT2D eigenvalue weighted by Crippen LogP contribution is 2.03. The van der Waals surface area contributed by atoms with Gasteiger partial charge in [0.1, 0.15) is 0 Å². The van der Waals surface area contributed by atoms with Crippen LogP contribution in [0.15, 0.2) is 25.0 Å². The number of esters is 1. The van der Waals surface area contributed by atoms with Crippen LogP contribution in [0.3, 0.4) is 0 Å². The van der Waals surface area contributed by atoms with Gasteiger partial charge in [-0.05, 0) is 25.7 Å². The molecule has 0 amide bonds. The van der Waals surface area contributed by atoms with Gasteiger partial charge in [0.15, 0.2) is 0 Å². The van der Waals surface area contributed by atoms with E-state index in [9.17, 15) is 4.79 Å². The van der Waals surface area contributed by atoms with E-state index in [0.717, 1.165) is 25.7 Å². The predicted octanol–water partition coefficient (Wildman–Crippen LogP) is 3.59. The number of unbranched alkanes of at least 4 members (excludes halogenated alkanes) is 3. The Morgan fingerprint density at radius 2 is 2.00 bits per heavy atom. The van der Waals surface area contributed by atoms with E-state index in [1.807, 2.05) is 0 Å². The maximum Gasteiger partial charge on any atom is 0.310 e. The Balaban J connectivity index is 3.20. The van der Waals surface area contributed by atoms with Crippen LogP contribution in [-0.2, 0) is 9.53 Å². The number of carbonyl (C=O) groups is 1. The van der Waals surface area contributed by atoms with E-state index in [1.165, 1.54) is 12.7 Å². The molecule has 0 spiro atoms. The van der Waals surface area contributed by atoms with Gasteiger partial charge in [-0.1, -0.05) is 32.1 Å². The van der Waals surface area contributed by atoms with Gasteiger partial charge in [-0.3, -0.25) is 4.79 Å². The van der Waals surface area contributed by atoms with E-state index >= 15 is 0 Å². The minimum Gasteiger partial charge on any atom is -0.435 e. The lowest BCUT2D eigenvalue weighted by Gasteiger charge is -1.97. The molecule has 0 saturated heterocycles. The van der Waals surface area contributed by atoms with Gasteiger partial charge in [0, 0.05) is 6.42 Å². The van der Waals surface area contributed by atoms with Crippen molar-refractivity contribution in [3.63, 3.8) is 0 Å². The summed E-state index contributed by atoms with van der Waals surface area (Å²) in [5.41, 5.74) is 0. The molecule has 0 fully saturated rings. The fraction of sp³-hybridized carbons (Fsp3) is 0.583. The van der Waals surface area contributed by atoms with Crippen LogP contribution in [0.2, 0.25) is 0 Å². The Hall–Kier alpha value is -1.05. The predicted molar refractivity (Wildman–Crippen MR) is 58.8 cm³/mol. The monoisotopic (exact) mass is 196 g/mol. The van der Waals surface area contributed by atoms with Crippen LogP contribution in [0.1, 0.15) is 45.4 Å². The molecule has 2 heteroatoms. The first kappa shape index (κ1) is 12.9. The average Bonchev–Trinajstić information content (AvgIpc) is 2.17. The molecular weight excluding hydrogens is 176 g/mol. The first-order valence-electron chi connectivity index (χ1n) is 5.26. The van der Waals surface area contributed by atoms with E-state index in [1.54, 1.807) is 0 Å². The second-order valence-electron chi connectivity index (χ2n) is 3.16. The Bertz CT molecular complexity index is 183. The van der Waals surface area contributed by atoms with Crippen molar-refractivity contribution < 1.29 is 9.53 Å². The highest BCUT2D eigenvalue weighted by atomic mass is 16.5. The molecular formula is C12H20O2. The number of ether oxygens (including phenoxy) is 1. The first-order valence-corrected chi connectivity index (χ1v) is 5.26. The van der Waals surface area contributed by atoms with Crippen molar-refractivity contribution in [3.8, 4) is 0 Å². The van der Waals surface area contributed by atoms with Gasteiger partial charge < -0.3 is 4.74 Å². The summed E-state index contributed by atoms with van der Waals surface area (Å²) in [6, 6.07) is 0. The number of allylic oxidation sites excluding steroid dienone is 2. The van der Waals surface area contributed by atoms with Crippen molar-refractivity contribution in [2.24, 2.45) is 0 Å². The SMILES string of the molecule is C=COC(=O)CCCC/C=C/CCC. The lowest BCUT2D eigenvalue weighted by Crippen LogP contribution is -1.98. The van der Waals surface area contributed by atoms with Gasteiger partial charge in [-0.15, -0.1) is 0 Å². The lowest BCUT2D eigenvalue weighted by atomic mass is 10.2. The van der Waals surface area contributed by atoms with Gasteiger partial charge >= 0.3 is 5.97 Å². The fourth-order valence-electron chi connectivity index (χ4n) is 1.09. The van der Waals surface area contributed by atoms with Crippen LogP contribution in [0, 0.1) is 0 Å². The zero-order valence-corrected chi connectivity index (χ0v) is 9.00. The van der Waals surface area contributed by atoms with Crippen LogP contribution in [-0.4, -0.2) is 5.97 Å². The molecule has 0 saturated carbocycles. The van der Waals surface area contributed by atoms with Crippen molar-refractivity contribution in [3.05, 3.63) is 25.0 Å². The lowest BCUT2D eigenvalue weighted by molar-refractivity contribution is -0.138. The minimum absolute atomic E-state index is 0.183. The van der Waals surface area contributed by atoms with Crippen LogP contribution in [0.4, 0.5) is 0 Å². The van der Waals surface area contributed by atoms with Gasteiger partial charge in [0.2, 0.25) is 0 Å². The molecule has 14 heavy (non-hydrogen) atoms. The van der Waals surface area contributed by atoms with Gasteiger partial charge in [-0.2, -0.15) is 0 Å². The summed E-state index contributed by atoms with van der Waals surface area (Å²) in [4.78, 5) is 10.9. The van der Waals surface area contributed by atoms with E-state index in [0.29, 0.717) is 6.42 Å². The molecule has 0 aliphatic carbocycles. The fourth-order valence-corrected chi connectivity index (χ4v) is 1.09. The first-order chi connectivity index (χ1) is 6.81. The summed E-state index contributed by atoms with van der Waals surface area (Å²) < 4.78 is 4.59. The van der Waals surface area contributed by atoms with E-state index < -0.39 is 0 Å². The summed E-state index contributed by atoms with van der Waals surface area (Å²) >= 11 is 0. The van der Waals surface area contributed by atoms with Crippen LogP contribution in [0.25, 0.3) is 0 Å². The number of rotatable bonds is 8. The standard InChI is InChI=1S/C12H20O2/c1-3-5-6-7-8-9-10-11-12(13)14-4-2/h4,6-7H,2-3,5,8-11H2,1H3/b7-6+. The quantitative estimate of drug-likeness (QED) is 0.257. The number of hydrogen-bond acceptors (Lipinski definition) is 2. The molecule has 0 atom stereocenters. The smallest absolute Gasteiger partial charge is 0.310 e. The summed E-state index contributed by atoms with van der Waals surface area (Å²) in [6.07, 6.45) is 11.4. The summed E-state index contributed by atoms with van der Waals surface area (Å²) in [6.45, 7) is 5.49. The van der Waals surface area contributed by atoms with Crippen LogP contribution < -0.4 is 0 Å². The van der Waals surface area contributed by atoms with E-state index in [-0.39, 0.29) is 5.97 Å². The maximum absolute atomic E-state index is 10.9. The third-order valence-electron chi connectivity index (χ3n) is 1.84. The average molecular weight is 196 g/mol. The highest BCUT2D eigenvalue weighted by Gasteiger charge is 1.98. The summed E-state index contributed by atoms with van der Waals surface area (Å²) in [5.74, 6) is -0.183. The Morgan fingerprint density at radius 3 is 2.64 bits per heavy atom. The van der Waals surface area contributed by atoms with Crippen LogP contribution in [0.5, 0.6) is 0 Å². The molecule has 0 unspecified atom stereocenters.